The van der Waals surface area contributed by atoms with E-state index in [1.807, 2.05) is 0 Å². The summed E-state index contributed by atoms with van der Waals surface area (Å²) < 4.78 is 14.8. The lowest BCUT2D eigenvalue weighted by Gasteiger charge is -2.27. The standard InChI is InChI=1S/C19H21ClFN3O3/c20-14-7-6-12(16(21)15-8-9-22-19(27)23-15)10-13(14)18(26)24-17(25)11-4-2-1-3-5-11/h6-11,16-17,25H,1-5H2,(H,24,26)(H,22,23,27). The highest BCUT2D eigenvalue weighted by Crippen LogP contribution is 2.29. The molecule has 1 aliphatic carbocycles. The Bertz CT molecular complexity index is 867. The molecule has 27 heavy (non-hydrogen) atoms. The number of rotatable bonds is 5. The number of carbonyl (C=O) groups excluding carboxylic acids is 1. The second-order valence-electron chi connectivity index (χ2n) is 6.75. The molecule has 8 heteroatoms. The minimum atomic E-state index is -1.65. The number of amides is 1. The van der Waals surface area contributed by atoms with Gasteiger partial charge in [0.05, 0.1) is 16.3 Å². The van der Waals surface area contributed by atoms with Crippen LogP contribution in [-0.2, 0) is 0 Å². The second-order valence-corrected chi connectivity index (χ2v) is 7.16. The molecule has 2 aromatic rings. The number of benzene rings is 1. The van der Waals surface area contributed by atoms with Gasteiger partial charge in [0.25, 0.3) is 5.91 Å². The maximum atomic E-state index is 14.8. The van der Waals surface area contributed by atoms with E-state index in [-0.39, 0.29) is 27.8 Å². The van der Waals surface area contributed by atoms with E-state index in [9.17, 15) is 19.1 Å². The molecule has 1 heterocycles. The molecule has 1 aromatic heterocycles. The average molecular weight is 394 g/mol. The van der Waals surface area contributed by atoms with Crippen LogP contribution in [0.15, 0.2) is 35.3 Å². The van der Waals surface area contributed by atoms with Crippen LogP contribution < -0.4 is 11.0 Å². The molecule has 1 fully saturated rings. The number of nitrogens with one attached hydrogen (secondary N) is 2. The van der Waals surface area contributed by atoms with Crippen molar-refractivity contribution in [3.8, 4) is 0 Å². The van der Waals surface area contributed by atoms with Crippen LogP contribution in [0.4, 0.5) is 4.39 Å². The minimum absolute atomic E-state index is 0.0143. The highest BCUT2D eigenvalue weighted by molar-refractivity contribution is 6.33. The molecule has 1 aliphatic rings. The largest absolute Gasteiger partial charge is 0.373 e. The third-order valence-electron chi connectivity index (χ3n) is 4.87. The fourth-order valence-corrected chi connectivity index (χ4v) is 3.57. The molecule has 0 spiro atoms. The zero-order valence-corrected chi connectivity index (χ0v) is 15.4. The number of carbonyl (C=O) groups is 1. The Morgan fingerprint density at radius 3 is 2.74 bits per heavy atom. The topological polar surface area (TPSA) is 95.1 Å². The number of aromatic nitrogens is 2. The van der Waals surface area contributed by atoms with Crippen LogP contribution in [0.5, 0.6) is 0 Å². The summed E-state index contributed by atoms with van der Waals surface area (Å²) in [5.41, 5.74) is -0.384. The molecule has 0 bridgehead atoms. The molecule has 3 rings (SSSR count). The van der Waals surface area contributed by atoms with Gasteiger partial charge in [-0.05, 0) is 36.6 Å². The minimum Gasteiger partial charge on any atom is -0.373 e. The molecule has 1 aromatic carbocycles. The molecule has 144 valence electrons. The summed E-state index contributed by atoms with van der Waals surface area (Å²) in [5, 5.41) is 13.0. The zero-order chi connectivity index (χ0) is 19.4. The monoisotopic (exact) mass is 393 g/mol. The normalized spacial score (nSPS) is 17.3. The van der Waals surface area contributed by atoms with E-state index in [1.165, 1.54) is 30.5 Å². The highest BCUT2D eigenvalue weighted by atomic mass is 35.5. The Morgan fingerprint density at radius 2 is 2.04 bits per heavy atom. The van der Waals surface area contributed by atoms with Crippen molar-refractivity contribution >= 4 is 17.5 Å². The van der Waals surface area contributed by atoms with Crippen molar-refractivity contribution in [1.82, 2.24) is 15.3 Å². The molecule has 1 amide bonds. The van der Waals surface area contributed by atoms with Gasteiger partial charge in [0, 0.05) is 12.1 Å². The summed E-state index contributed by atoms with van der Waals surface area (Å²) in [6.07, 6.45) is 3.52. The third-order valence-corrected chi connectivity index (χ3v) is 5.20. The number of aliphatic hydroxyl groups is 1. The lowest BCUT2D eigenvalue weighted by atomic mass is 9.88. The third kappa shape index (κ3) is 4.73. The first kappa shape index (κ1) is 19.5. The predicted octanol–water partition coefficient (Wildman–Crippen LogP) is 3.11. The van der Waals surface area contributed by atoms with Gasteiger partial charge in [-0.1, -0.05) is 36.9 Å². The number of aromatic amines is 1. The second kappa shape index (κ2) is 8.63. The van der Waals surface area contributed by atoms with E-state index in [2.05, 4.69) is 15.3 Å². The van der Waals surface area contributed by atoms with Crippen LogP contribution in [0.2, 0.25) is 5.02 Å². The van der Waals surface area contributed by atoms with E-state index < -0.39 is 24.0 Å². The summed E-state index contributed by atoms with van der Waals surface area (Å²) >= 11 is 6.10. The predicted molar refractivity (Wildman–Crippen MR) is 99.3 cm³/mol. The molecule has 1 saturated carbocycles. The molecule has 0 aliphatic heterocycles. The van der Waals surface area contributed by atoms with Crippen molar-refractivity contribution in [1.29, 1.82) is 0 Å². The van der Waals surface area contributed by atoms with Crippen molar-refractivity contribution < 1.29 is 14.3 Å². The smallest absolute Gasteiger partial charge is 0.345 e. The summed E-state index contributed by atoms with van der Waals surface area (Å²) in [6.45, 7) is 0. The summed E-state index contributed by atoms with van der Waals surface area (Å²) in [6, 6.07) is 5.55. The van der Waals surface area contributed by atoms with Crippen LogP contribution in [0.3, 0.4) is 0 Å². The van der Waals surface area contributed by atoms with Gasteiger partial charge in [0.15, 0.2) is 6.17 Å². The molecule has 0 saturated heterocycles. The van der Waals surface area contributed by atoms with Gasteiger partial charge in [-0.25, -0.2) is 14.2 Å². The van der Waals surface area contributed by atoms with Crippen molar-refractivity contribution in [2.24, 2.45) is 5.92 Å². The molecule has 2 atom stereocenters. The fourth-order valence-electron chi connectivity index (χ4n) is 3.36. The van der Waals surface area contributed by atoms with E-state index in [1.54, 1.807) is 0 Å². The van der Waals surface area contributed by atoms with Crippen LogP contribution in [0.25, 0.3) is 0 Å². The Balaban J connectivity index is 1.78. The first-order valence-corrected chi connectivity index (χ1v) is 9.31. The van der Waals surface area contributed by atoms with Gasteiger partial charge < -0.3 is 15.4 Å². The van der Waals surface area contributed by atoms with Crippen molar-refractivity contribution in [3.05, 3.63) is 62.8 Å². The first-order valence-electron chi connectivity index (χ1n) is 8.93. The van der Waals surface area contributed by atoms with Gasteiger partial charge in [-0.3, -0.25) is 4.79 Å². The quantitative estimate of drug-likeness (QED) is 0.680. The molecule has 2 unspecified atom stereocenters. The zero-order valence-electron chi connectivity index (χ0n) is 14.6. The maximum Gasteiger partial charge on any atom is 0.345 e. The number of hydrogen-bond acceptors (Lipinski definition) is 4. The Hall–Kier alpha value is -2.25. The molecular weight excluding hydrogens is 373 g/mol. The maximum absolute atomic E-state index is 14.8. The van der Waals surface area contributed by atoms with Crippen molar-refractivity contribution in [3.63, 3.8) is 0 Å². The number of hydrogen-bond donors (Lipinski definition) is 3. The van der Waals surface area contributed by atoms with Gasteiger partial charge in [-0.15, -0.1) is 0 Å². The van der Waals surface area contributed by atoms with Gasteiger partial charge >= 0.3 is 5.69 Å². The first-order chi connectivity index (χ1) is 13.0. The van der Waals surface area contributed by atoms with Crippen LogP contribution >= 0.6 is 11.6 Å². The van der Waals surface area contributed by atoms with Crippen LogP contribution in [0, 0.1) is 5.92 Å². The molecule has 6 nitrogen and oxygen atoms in total. The molecular formula is C19H21ClFN3O3. The number of aliphatic hydroxyl groups excluding tert-OH is 1. The van der Waals surface area contributed by atoms with Gasteiger partial charge in [0.2, 0.25) is 0 Å². The van der Waals surface area contributed by atoms with E-state index in [0.717, 1.165) is 32.1 Å². The summed E-state index contributed by atoms with van der Waals surface area (Å²) in [5.74, 6) is -0.546. The number of H-pyrrole nitrogens is 1. The molecule has 3 N–H and O–H groups in total. The van der Waals surface area contributed by atoms with Gasteiger partial charge in [-0.2, -0.15) is 0 Å². The van der Waals surface area contributed by atoms with E-state index >= 15 is 0 Å². The van der Waals surface area contributed by atoms with Crippen LogP contribution in [-0.4, -0.2) is 27.2 Å². The van der Waals surface area contributed by atoms with E-state index in [0.29, 0.717) is 0 Å². The lowest BCUT2D eigenvalue weighted by molar-refractivity contribution is 0.0463. The van der Waals surface area contributed by atoms with Crippen molar-refractivity contribution in [2.45, 2.75) is 44.5 Å². The van der Waals surface area contributed by atoms with Crippen molar-refractivity contribution in [2.75, 3.05) is 0 Å². The Labute approximate surface area is 160 Å². The highest BCUT2D eigenvalue weighted by Gasteiger charge is 2.25. The van der Waals surface area contributed by atoms with E-state index in [4.69, 9.17) is 11.6 Å². The number of alkyl halides is 1. The van der Waals surface area contributed by atoms with Crippen LogP contribution in [0.1, 0.15) is 59.9 Å². The summed E-state index contributed by atoms with van der Waals surface area (Å²) in [4.78, 5) is 29.6. The lowest BCUT2D eigenvalue weighted by Crippen LogP contribution is -2.41. The number of halogens is 2. The van der Waals surface area contributed by atoms with Gasteiger partial charge in [0.1, 0.15) is 6.23 Å². The Morgan fingerprint density at radius 1 is 1.30 bits per heavy atom. The fraction of sp³-hybridized carbons (Fsp3) is 0.421. The number of nitrogens with zero attached hydrogens (tertiary/aromatic N) is 1. The average Bonchev–Trinajstić information content (AvgIpc) is 2.68. The Kier molecular flexibility index (Phi) is 6.23. The molecule has 0 radical (unpaired) electrons. The summed E-state index contributed by atoms with van der Waals surface area (Å²) in [7, 11) is 0. The SMILES string of the molecule is O=C(NC(O)C1CCCCC1)c1cc(C(F)c2ccnc(=O)[nH]2)ccc1Cl.